The maximum atomic E-state index is 5.27. The third-order valence-corrected chi connectivity index (χ3v) is 1.77. The van der Waals surface area contributed by atoms with E-state index in [1.165, 1.54) is 0 Å². The molecule has 3 N–H and O–H groups in total. The fourth-order valence-corrected chi connectivity index (χ4v) is 1.00. The first-order chi connectivity index (χ1) is 5.57. The van der Waals surface area contributed by atoms with Gasteiger partial charge in [0.05, 0.1) is 6.04 Å². The predicted octanol–water partition coefficient (Wildman–Crippen LogP) is 0.676. The van der Waals surface area contributed by atoms with Crippen LogP contribution in [0.2, 0.25) is 0 Å². The minimum Gasteiger partial charge on any atom is -0.484 e. The molecule has 4 heteroatoms. The zero-order valence-electron chi connectivity index (χ0n) is 7.96. The van der Waals surface area contributed by atoms with Crippen molar-refractivity contribution < 1.29 is 4.74 Å². The highest BCUT2D eigenvalue weighted by Crippen LogP contribution is 1.92. The van der Waals surface area contributed by atoms with Crippen molar-refractivity contribution in [3.05, 3.63) is 0 Å². The highest BCUT2D eigenvalue weighted by atomic mass is 32.1. The summed E-state index contributed by atoms with van der Waals surface area (Å²) in [5, 5.41) is 3.84. The van der Waals surface area contributed by atoms with Crippen molar-refractivity contribution in [1.29, 1.82) is 0 Å². The lowest BCUT2D eigenvalue weighted by atomic mass is 10.3. The Morgan fingerprint density at radius 2 is 2.08 bits per heavy atom. The van der Waals surface area contributed by atoms with Gasteiger partial charge in [-0.25, -0.2) is 0 Å². The van der Waals surface area contributed by atoms with Gasteiger partial charge in [0.2, 0.25) is 0 Å². The summed E-state index contributed by atoms with van der Waals surface area (Å²) in [6.45, 7) is 7.14. The van der Waals surface area contributed by atoms with Crippen molar-refractivity contribution in [2.75, 3.05) is 13.2 Å². The van der Waals surface area contributed by atoms with Gasteiger partial charge >= 0.3 is 0 Å². The molecular weight excluding hydrogens is 172 g/mol. The molecule has 0 aliphatic carbocycles. The van der Waals surface area contributed by atoms with Gasteiger partial charge in [-0.15, -0.1) is 0 Å². The van der Waals surface area contributed by atoms with Crippen molar-refractivity contribution in [2.24, 2.45) is 5.73 Å². The van der Waals surface area contributed by atoms with Crippen LogP contribution >= 0.6 is 12.2 Å². The quantitative estimate of drug-likeness (QED) is 0.626. The van der Waals surface area contributed by atoms with Crippen LogP contribution in [0.1, 0.15) is 20.8 Å². The number of nitrogens with one attached hydrogen (secondary N) is 1. The molecule has 0 aromatic carbocycles. The van der Waals surface area contributed by atoms with Crippen molar-refractivity contribution in [3.63, 3.8) is 0 Å². The standard InChI is InChI=1S/C8H18N2OS/c1-6(2)10-7(3)8(12)11-5-4-9/h6-7,10H,4-5,9H2,1-3H3/t7-/m0/s1. The molecule has 0 rings (SSSR count). The largest absolute Gasteiger partial charge is 0.484 e. The molecule has 0 saturated carbocycles. The molecule has 0 amide bonds. The van der Waals surface area contributed by atoms with Crippen LogP contribution in [-0.4, -0.2) is 30.3 Å². The first-order valence-corrected chi connectivity index (χ1v) is 4.61. The molecule has 0 aromatic rings. The Kier molecular flexibility index (Phi) is 6.24. The van der Waals surface area contributed by atoms with E-state index < -0.39 is 0 Å². The Morgan fingerprint density at radius 1 is 1.50 bits per heavy atom. The van der Waals surface area contributed by atoms with E-state index in [0.717, 1.165) is 0 Å². The van der Waals surface area contributed by atoms with Gasteiger partial charge < -0.3 is 15.8 Å². The lowest BCUT2D eigenvalue weighted by Crippen LogP contribution is -2.39. The Morgan fingerprint density at radius 3 is 2.50 bits per heavy atom. The molecule has 0 aliphatic heterocycles. The minimum absolute atomic E-state index is 0.117. The minimum atomic E-state index is 0.117. The maximum absolute atomic E-state index is 5.27. The average molecular weight is 190 g/mol. The fourth-order valence-electron chi connectivity index (χ4n) is 0.853. The third-order valence-electron chi connectivity index (χ3n) is 1.30. The molecular formula is C8H18N2OS. The van der Waals surface area contributed by atoms with Crippen LogP contribution < -0.4 is 11.1 Å². The molecule has 0 saturated heterocycles. The van der Waals surface area contributed by atoms with Crippen molar-refractivity contribution >= 4 is 17.3 Å². The van der Waals surface area contributed by atoms with Gasteiger partial charge in [-0.1, -0.05) is 13.8 Å². The van der Waals surface area contributed by atoms with Crippen molar-refractivity contribution in [2.45, 2.75) is 32.9 Å². The van der Waals surface area contributed by atoms with Gasteiger partial charge in [-0.3, -0.25) is 0 Å². The van der Waals surface area contributed by atoms with E-state index in [0.29, 0.717) is 24.2 Å². The molecule has 12 heavy (non-hydrogen) atoms. The van der Waals surface area contributed by atoms with Crippen LogP contribution in [0.15, 0.2) is 0 Å². The van der Waals surface area contributed by atoms with Gasteiger partial charge in [-0.2, -0.15) is 0 Å². The number of ether oxygens (including phenoxy) is 1. The van der Waals surface area contributed by atoms with Crippen LogP contribution in [0.25, 0.3) is 0 Å². The number of thiocarbonyl (C=S) groups is 1. The van der Waals surface area contributed by atoms with Gasteiger partial charge in [0, 0.05) is 12.6 Å². The summed E-state index contributed by atoms with van der Waals surface area (Å²) in [6.07, 6.45) is 0. The van der Waals surface area contributed by atoms with Crippen molar-refractivity contribution in [1.82, 2.24) is 5.32 Å². The first-order valence-electron chi connectivity index (χ1n) is 4.20. The monoisotopic (exact) mass is 190 g/mol. The number of hydrogen-bond acceptors (Lipinski definition) is 4. The summed E-state index contributed by atoms with van der Waals surface area (Å²) in [5.41, 5.74) is 5.27. The zero-order chi connectivity index (χ0) is 9.56. The van der Waals surface area contributed by atoms with E-state index >= 15 is 0 Å². The van der Waals surface area contributed by atoms with E-state index in [1.54, 1.807) is 0 Å². The zero-order valence-corrected chi connectivity index (χ0v) is 8.78. The van der Waals surface area contributed by atoms with Gasteiger partial charge in [0.15, 0.2) is 5.05 Å². The van der Waals surface area contributed by atoms with Crippen LogP contribution in [0.4, 0.5) is 0 Å². The van der Waals surface area contributed by atoms with E-state index in [9.17, 15) is 0 Å². The molecule has 0 heterocycles. The molecule has 0 spiro atoms. The highest BCUT2D eigenvalue weighted by molar-refractivity contribution is 7.80. The number of hydrogen-bond donors (Lipinski definition) is 2. The molecule has 0 radical (unpaired) electrons. The van der Waals surface area contributed by atoms with Crippen LogP contribution in [-0.2, 0) is 4.74 Å². The summed E-state index contributed by atoms with van der Waals surface area (Å²) >= 11 is 5.02. The Labute approximate surface area is 79.7 Å². The number of rotatable bonds is 5. The molecule has 0 aromatic heterocycles. The lowest BCUT2D eigenvalue weighted by molar-refractivity contribution is 0.303. The van der Waals surface area contributed by atoms with Gasteiger partial charge in [0.25, 0.3) is 0 Å². The lowest BCUT2D eigenvalue weighted by Gasteiger charge is -2.17. The molecule has 0 aliphatic rings. The summed E-state index contributed by atoms with van der Waals surface area (Å²) in [6, 6.07) is 0.533. The molecule has 3 nitrogen and oxygen atoms in total. The van der Waals surface area contributed by atoms with E-state index in [-0.39, 0.29) is 6.04 Å². The summed E-state index contributed by atoms with van der Waals surface area (Å²) in [5.74, 6) is 0. The smallest absolute Gasteiger partial charge is 0.176 e. The molecule has 72 valence electrons. The number of nitrogens with two attached hydrogens (primary N) is 1. The van der Waals surface area contributed by atoms with Gasteiger partial charge in [0.1, 0.15) is 6.61 Å². The maximum Gasteiger partial charge on any atom is 0.176 e. The van der Waals surface area contributed by atoms with E-state index in [2.05, 4.69) is 19.2 Å². The Hall–Kier alpha value is -0.190. The van der Waals surface area contributed by atoms with Crippen molar-refractivity contribution in [3.8, 4) is 0 Å². The van der Waals surface area contributed by atoms with Crippen LogP contribution in [0.3, 0.4) is 0 Å². The van der Waals surface area contributed by atoms with E-state index in [4.69, 9.17) is 22.7 Å². The summed E-state index contributed by atoms with van der Waals surface area (Å²) < 4.78 is 5.20. The van der Waals surface area contributed by atoms with Crippen LogP contribution in [0, 0.1) is 0 Å². The third kappa shape index (κ3) is 5.46. The normalized spacial score (nSPS) is 13.1. The summed E-state index contributed by atoms with van der Waals surface area (Å²) in [7, 11) is 0. The predicted molar refractivity (Wildman–Crippen MR) is 55.3 cm³/mol. The second-order valence-corrected chi connectivity index (χ2v) is 3.40. The fraction of sp³-hybridized carbons (Fsp3) is 0.875. The SMILES string of the molecule is CC(C)N[C@@H](C)C(=S)OCCN. The topological polar surface area (TPSA) is 47.3 Å². The Bertz CT molecular complexity index is 139. The summed E-state index contributed by atoms with van der Waals surface area (Å²) in [4.78, 5) is 0. The molecule has 0 bridgehead atoms. The first kappa shape index (κ1) is 11.8. The highest BCUT2D eigenvalue weighted by Gasteiger charge is 2.09. The molecule has 0 fully saturated rings. The second kappa shape index (κ2) is 6.34. The average Bonchev–Trinajstić information content (AvgIpc) is 1.98. The second-order valence-electron chi connectivity index (χ2n) is 3.00. The van der Waals surface area contributed by atoms with Crippen LogP contribution in [0.5, 0.6) is 0 Å². The van der Waals surface area contributed by atoms with Gasteiger partial charge in [-0.05, 0) is 19.1 Å². The molecule has 0 unspecified atom stereocenters. The Balaban J connectivity index is 3.61. The molecule has 1 atom stereocenters. The van der Waals surface area contributed by atoms with E-state index in [1.807, 2.05) is 6.92 Å².